The van der Waals surface area contributed by atoms with E-state index in [0.29, 0.717) is 30.5 Å². The van der Waals surface area contributed by atoms with Crippen LogP contribution in [0.2, 0.25) is 0 Å². The third-order valence-electron chi connectivity index (χ3n) is 6.35. The second-order valence-corrected chi connectivity index (χ2v) is 8.30. The number of nitrogens with zero attached hydrogens (tertiary/aromatic N) is 3. The molecule has 1 aromatic rings. The maximum Gasteiger partial charge on any atom is 0.228 e. The summed E-state index contributed by atoms with van der Waals surface area (Å²) in [5, 5.41) is 6.74. The number of anilines is 1. The average molecular weight is 409 g/mol. The topological polar surface area (TPSA) is 86.0 Å². The Bertz CT molecular complexity index is 884. The fraction of sp³-hybridized carbons (Fsp3) is 0.478. The van der Waals surface area contributed by atoms with Gasteiger partial charge < -0.3 is 26.2 Å². The molecule has 1 aliphatic carbocycles. The van der Waals surface area contributed by atoms with Gasteiger partial charge in [-0.2, -0.15) is 0 Å². The summed E-state index contributed by atoms with van der Waals surface area (Å²) in [5.74, 6) is 1.34. The van der Waals surface area contributed by atoms with Gasteiger partial charge in [0.2, 0.25) is 5.91 Å². The minimum absolute atomic E-state index is 0.0572. The summed E-state index contributed by atoms with van der Waals surface area (Å²) < 4.78 is 0. The highest BCUT2D eigenvalue weighted by molar-refractivity contribution is 6.03. The van der Waals surface area contributed by atoms with Crippen LogP contribution in [-0.2, 0) is 17.8 Å². The SMILES string of the molecule is C=C(/N=C1\C(=C/N)N(C)C(=O)CCN1C1CCCC1)Nc1ccc2c(c1)CCNC2. The van der Waals surface area contributed by atoms with Gasteiger partial charge in [0, 0.05) is 44.5 Å². The molecule has 0 unspecified atom stereocenters. The molecule has 1 aromatic carbocycles. The lowest BCUT2D eigenvalue weighted by Gasteiger charge is -2.31. The molecule has 4 rings (SSSR count). The monoisotopic (exact) mass is 408 g/mol. The summed E-state index contributed by atoms with van der Waals surface area (Å²) in [6, 6.07) is 6.79. The van der Waals surface area contributed by atoms with Gasteiger partial charge in [-0.05, 0) is 49.1 Å². The van der Waals surface area contributed by atoms with Crippen LogP contribution in [0.25, 0.3) is 0 Å². The Kier molecular flexibility index (Phi) is 6.08. The van der Waals surface area contributed by atoms with Gasteiger partial charge in [-0.25, -0.2) is 4.99 Å². The van der Waals surface area contributed by atoms with Crippen molar-refractivity contribution in [2.24, 2.45) is 10.7 Å². The lowest BCUT2D eigenvalue weighted by atomic mass is 10.0. The predicted octanol–water partition coefficient (Wildman–Crippen LogP) is 2.52. The molecule has 160 valence electrons. The van der Waals surface area contributed by atoms with E-state index >= 15 is 0 Å². The van der Waals surface area contributed by atoms with Crippen LogP contribution < -0.4 is 16.4 Å². The van der Waals surface area contributed by atoms with Gasteiger partial charge in [0.25, 0.3) is 0 Å². The number of nitrogens with two attached hydrogens (primary N) is 1. The molecule has 0 aromatic heterocycles. The van der Waals surface area contributed by atoms with Crippen LogP contribution in [0.1, 0.15) is 43.2 Å². The van der Waals surface area contributed by atoms with Crippen molar-refractivity contribution >= 4 is 17.4 Å². The van der Waals surface area contributed by atoms with Crippen molar-refractivity contribution in [1.29, 1.82) is 0 Å². The molecule has 0 atom stereocenters. The third-order valence-corrected chi connectivity index (χ3v) is 6.35. The van der Waals surface area contributed by atoms with E-state index in [2.05, 4.69) is 40.3 Å². The smallest absolute Gasteiger partial charge is 0.228 e. The molecule has 0 spiro atoms. The largest absolute Gasteiger partial charge is 0.403 e. The number of hydrogen-bond donors (Lipinski definition) is 3. The van der Waals surface area contributed by atoms with Gasteiger partial charge in [0.15, 0.2) is 5.84 Å². The van der Waals surface area contributed by atoms with Crippen LogP contribution in [0.5, 0.6) is 0 Å². The zero-order chi connectivity index (χ0) is 21.1. The molecule has 0 radical (unpaired) electrons. The first-order chi connectivity index (χ1) is 14.6. The van der Waals surface area contributed by atoms with E-state index in [9.17, 15) is 4.79 Å². The molecular formula is C23H32N6O. The molecule has 0 bridgehead atoms. The normalized spacial score (nSPS) is 23.0. The number of carbonyl (C=O) groups is 1. The number of aliphatic imine (C=N–C) groups is 1. The highest BCUT2D eigenvalue weighted by atomic mass is 16.2. The van der Waals surface area contributed by atoms with Crippen molar-refractivity contribution < 1.29 is 4.79 Å². The summed E-state index contributed by atoms with van der Waals surface area (Å²) in [5.41, 5.74) is 10.3. The highest BCUT2D eigenvalue weighted by Crippen LogP contribution is 2.28. The van der Waals surface area contributed by atoms with Crippen LogP contribution in [0.3, 0.4) is 0 Å². The van der Waals surface area contributed by atoms with Gasteiger partial charge in [-0.1, -0.05) is 25.5 Å². The van der Waals surface area contributed by atoms with Crippen LogP contribution >= 0.6 is 0 Å². The zero-order valence-electron chi connectivity index (χ0n) is 17.8. The molecule has 3 aliphatic rings. The number of hydrogen-bond acceptors (Lipinski definition) is 5. The van der Waals surface area contributed by atoms with E-state index in [1.54, 1.807) is 11.9 Å². The fourth-order valence-electron chi connectivity index (χ4n) is 4.68. The van der Waals surface area contributed by atoms with Crippen molar-refractivity contribution in [2.75, 3.05) is 25.5 Å². The van der Waals surface area contributed by atoms with Gasteiger partial charge in [0.05, 0.1) is 0 Å². The minimum atomic E-state index is 0.0572. The molecule has 7 heteroatoms. The fourth-order valence-corrected chi connectivity index (χ4v) is 4.68. The molecule has 1 saturated heterocycles. The molecule has 1 amide bonds. The van der Waals surface area contributed by atoms with E-state index in [0.717, 1.165) is 43.9 Å². The number of benzene rings is 1. The molecule has 7 nitrogen and oxygen atoms in total. The maximum absolute atomic E-state index is 12.5. The summed E-state index contributed by atoms with van der Waals surface area (Å²) >= 11 is 0. The molecule has 2 fully saturated rings. The summed E-state index contributed by atoms with van der Waals surface area (Å²) in [6.45, 7) is 6.73. The Morgan fingerprint density at radius 3 is 2.87 bits per heavy atom. The number of likely N-dealkylation sites (N-methyl/N-ethyl adjacent to an activating group) is 1. The lowest BCUT2D eigenvalue weighted by molar-refractivity contribution is -0.127. The van der Waals surface area contributed by atoms with Crippen molar-refractivity contribution in [3.63, 3.8) is 0 Å². The van der Waals surface area contributed by atoms with Gasteiger partial charge in [0.1, 0.15) is 11.5 Å². The molecular weight excluding hydrogens is 376 g/mol. The number of carbonyl (C=O) groups excluding carboxylic acids is 1. The first-order valence-electron chi connectivity index (χ1n) is 10.9. The Morgan fingerprint density at radius 2 is 2.10 bits per heavy atom. The molecule has 30 heavy (non-hydrogen) atoms. The Hall–Kier alpha value is -2.80. The molecule has 2 aliphatic heterocycles. The number of fused-ring (bicyclic) bond motifs is 1. The molecule has 1 saturated carbocycles. The van der Waals surface area contributed by atoms with Gasteiger partial charge in [-0.15, -0.1) is 0 Å². The van der Waals surface area contributed by atoms with Gasteiger partial charge in [-0.3, -0.25) is 4.79 Å². The molecule has 2 heterocycles. The summed E-state index contributed by atoms with van der Waals surface area (Å²) in [7, 11) is 1.77. The predicted molar refractivity (Wildman–Crippen MR) is 121 cm³/mol. The zero-order valence-corrected chi connectivity index (χ0v) is 17.8. The second-order valence-electron chi connectivity index (χ2n) is 8.30. The number of rotatable bonds is 4. The number of amidine groups is 1. The first kappa shape index (κ1) is 20.5. The van der Waals surface area contributed by atoms with E-state index in [4.69, 9.17) is 10.7 Å². The highest BCUT2D eigenvalue weighted by Gasteiger charge is 2.33. The quantitative estimate of drug-likeness (QED) is 0.713. The average Bonchev–Trinajstić information content (AvgIpc) is 3.24. The van der Waals surface area contributed by atoms with Crippen LogP contribution in [0.4, 0.5) is 5.69 Å². The van der Waals surface area contributed by atoms with E-state index in [1.807, 2.05) is 0 Å². The standard InChI is InChI=1S/C23H32N6O/c1-16(26-19-8-7-18-15-25-11-9-17(18)13-19)27-23-21(14-24)28(2)22(30)10-12-29(23)20-5-3-4-6-20/h7-8,13-14,20,25-26H,1,3-6,9-12,15,24H2,2H3/b21-14+,27-23+. The number of amides is 1. The first-order valence-corrected chi connectivity index (χ1v) is 10.9. The van der Waals surface area contributed by atoms with Crippen molar-refractivity contribution in [3.05, 3.63) is 53.6 Å². The van der Waals surface area contributed by atoms with Crippen molar-refractivity contribution in [3.8, 4) is 0 Å². The molecule has 4 N–H and O–H groups in total. The Balaban J connectivity index is 1.61. The van der Waals surface area contributed by atoms with Crippen LogP contribution in [0.15, 0.2) is 47.5 Å². The summed E-state index contributed by atoms with van der Waals surface area (Å²) in [6.07, 6.45) is 7.63. The number of nitrogens with one attached hydrogen (secondary N) is 2. The van der Waals surface area contributed by atoms with Crippen LogP contribution in [-0.4, -0.2) is 47.7 Å². The Labute approximate surface area is 178 Å². The van der Waals surface area contributed by atoms with Gasteiger partial charge >= 0.3 is 0 Å². The third kappa shape index (κ3) is 4.21. The van der Waals surface area contributed by atoms with E-state index < -0.39 is 0 Å². The van der Waals surface area contributed by atoms with E-state index in [1.165, 1.54) is 30.2 Å². The summed E-state index contributed by atoms with van der Waals surface area (Å²) in [4.78, 5) is 21.2. The van der Waals surface area contributed by atoms with Crippen molar-refractivity contribution in [1.82, 2.24) is 15.1 Å². The minimum Gasteiger partial charge on any atom is -0.403 e. The Morgan fingerprint density at radius 1 is 1.30 bits per heavy atom. The lowest BCUT2D eigenvalue weighted by Crippen LogP contribution is -2.41. The maximum atomic E-state index is 12.5. The van der Waals surface area contributed by atoms with Crippen LogP contribution in [0, 0.1) is 0 Å². The van der Waals surface area contributed by atoms with Crippen molar-refractivity contribution in [2.45, 2.75) is 51.1 Å². The van der Waals surface area contributed by atoms with E-state index in [-0.39, 0.29) is 5.91 Å². The second kappa shape index (κ2) is 8.92.